The highest BCUT2D eigenvalue weighted by atomic mass is 19.4. The van der Waals surface area contributed by atoms with Crippen LogP contribution >= 0.6 is 0 Å². The van der Waals surface area contributed by atoms with E-state index in [1.54, 1.807) is 25.3 Å². The maximum atomic E-state index is 12.7. The lowest BCUT2D eigenvalue weighted by atomic mass is 10.2. The third-order valence-electron chi connectivity index (χ3n) is 3.30. The van der Waals surface area contributed by atoms with Crippen molar-refractivity contribution in [3.8, 4) is 11.5 Å². The number of alkyl halides is 3. The maximum Gasteiger partial charge on any atom is 0.416 e. The number of rotatable bonds is 7. The summed E-state index contributed by atoms with van der Waals surface area (Å²) in [6, 6.07) is 10.8. The van der Waals surface area contributed by atoms with Crippen LogP contribution in [-0.2, 0) is 10.9 Å². The van der Waals surface area contributed by atoms with Crippen LogP contribution in [-0.4, -0.2) is 26.2 Å². The number of methoxy groups -OCH3 is 1. The molecule has 1 amide bonds. The molecule has 0 fully saturated rings. The van der Waals surface area contributed by atoms with Gasteiger partial charge in [-0.2, -0.15) is 13.2 Å². The van der Waals surface area contributed by atoms with E-state index in [0.29, 0.717) is 25.1 Å². The number of hydrogen-bond acceptors (Lipinski definition) is 3. The Morgan fingerprint density at radius 3 is 2.44 bits per heavy atom. The van der Waals surface area contributed by atoms with Gasteiger partial charge in [-0.25, -0.2) is 0 Å². The molecule has 2 aromatic rings. The maximum absolute atomic E-state index is 12.7. The number of halogens is 3. The lowest BCUT2D eigenvalue weighted by Crippen LogP contribution is -2.25. The third kappa shape index (κ3) is 5.79. The van der Waals surface area contributed by atoms with Gasteiger partial charge in [-0.15, -0.1) is 0 Å². The summed E-state index contributed by atoms with van der Waals surface area (Å²) >= 11 is 0. The first-order valence-corrected chi connectivity index (χ1v) is 7.62. The van der Waals surface area contributed by atoms with E-state index in [9.17, 15) is 18.0 Å². The Balaban J connectivity index is 2.05. The molecule has 0 aliphatic carbocycles. The molecule has 0 unspecified atom stereocenters. The predicted molar refractivity (Wildman–Crippen MR) is 86.8 cm³/mol. The fourth-order valence-electron chi connectivity index (χ4n) is 2.09. The molecule has 0 aromatic heterocycles. The Kier molecular flexibility index (Phi) is 6.41. The minimum absolute atomic E-state index is 0.0486. The Hall–Kier alpha value is -2.54. The Morgan fingerprint density at radius 1 is 1.08 bits per heavy atom. The molecule has 7 heteroatoms. The van der Waals surface area contributed by atoms with Crippen LogP contribution in [0.25, 0.3) is 0 Å². The molecule has 1 N–H and O–H groups in total. The number of amides is 1. The van der Waals surface area contributed by atoms with E-state index in [0.717, 1.165) is 12.1 Å². The smallest absolute Gasteiger partial charge is 0.416 e. The highest BCUT2D eigenvalue weighted by Gasteiger charge is 2.30. The highest BCUT2D eigenvalue weighted by molar-refractivity contribution is 5.94. The Labute approximate surface area is 143 Å². The fraction of sp³-hybridized carbons (Fsp3) is 0.278. The molecule has 4 nitrogen and oxygen atoms in total. The zero-order valence-corrected chi connectivity index (χ0v) is 13.6. The van der Waals surface area contributed by atoms with Crippen molar-refractivity contribution in [1.29, 1.82) is 0 Å². The Bertz CT molecular complexity index is 717. The van der Waals surface area contributed by atoms with Crippen molar-refractivity contribution in [2.24, 2.45) is 0 Å². The number of benzene rings is 2. The van der Waals surface area contributed by atoms with Gasteiger partial charge in [0, 0.05) is 25.8 Å². The van der Waals surface area contributed by atoms with E-state index in [2.05, 4.69) is 5.32 Å². The molecule has 134 valence electrons. The summed E-state index contributed by atoms with van der Waals surface area (Å²) in [5.41, 5.74) is -0.432. The summed E-state index contributed by atoms with van der Waals surface area (Å²) in [6.45, 7) is 1.00. The molecule has 2 rings (SSSR count). The molecule has 0 aliphatic heterocycles. The van der Waals surface area contributed by atoms with Gasteiger partial charge in [-0.3, -0.25) is 4.79 Å². The number of carbonyl (C=O) groups excluding carboxylic acids is 1. The number of ether oxygens (including phenoxy) is 2. The number of hydrogen-bond donors (Lipinski definition) is 1. The molecule has 0 saturated carbocycles. The summed E-state index contributed by atoms with van der Waals surface area (Å²) in [5.74, 6) is 0.0435. The van der Waals surface area contributed by atoms with E-state index in [1.165, 1.54) is 18.2 Å². The largest absolute Gasteiger partial charge is 0.457 e. The molecule has 0 atom stereocenters. The molecule has 0 spiro atoms. The summed E-state index contributed by atoms with van der Waals surface area (Å²) in [7, 11) is 1.58. The van der Waals surface area contributed by atoms with Crippen molar-refractivity contribution < 1.29 is 27.4 Å². The van der Waals surface area contributed by atoms with Crippen LogP contribution in [0.15, 0.2) is 48.5 Å². The minimum Gasteiger partial charge on any atom is -0.457 e. The Morgan fingerprint density at radius 2 is 1.76 bits per heavy atom. The molecule has 0 radical (unpaired) electrons. The van der Waals surface area contributed by atoms with Gasteiger partial charge in [-0.05, 0) is 42.8 Å². The van der Waals surface area contributed by atoms with E-state index in [-0.39, 0.29) is 17.4 Å². The standard InChI is InChI=1S/C18H18F3NO3/c1-24-10-4-9-22-17(23)13-5-2-7-15(11-13)25-16-8-3-6-14(12-16)18(19,20)21/h2-3,5-8,11-12H,4,9-10H2,1H3,(H,22,23). The molecule has 2 aromatic carbocycles. The van der Waals surface area contributed by atoms with Gasteiger partial charge < -0.3 is 14.8 Å². The molecule has 25 heavy (non-hydrogen) atoms. The van der Waals surface area contributed by atoms with Gasteiger partial charge in [0.05, 0.1) is 5.56 Å². The zero-order chi connectivity index (χ0) is 18.3. The average Bonchev–Trinajstić information content (AvgIpc) is 2.58. The molecule has 0 saturated heterocycles. The molecule has 0 heterocycles. The number of carbonyl (C=O) groups is 1. The van der Waals surface area contributed by atoms with Crippen molar-refractivity contribution in [1.82, 2.24) is 5.32 Å². The van der Waals surface area contributed by atoms with Gasteiger partial charge in [0.25, 0.3) is 5.91 Å². The quantitative estimate of drug-likeness (QED) is 0.757. The van der Waals surface area contributed by atoms with Gasteiger partial charge in [0.1, 0.15) is 11.5 Å². The van der Waals surface area contributed by atoms with Crippen molar-refractivity contribution in [3.05, 3.63) is 59.7 Å². The van der Waals surface area contributed by atoms with Gasteiger partial charge in [-0.1, -0.05) is 12.1 Å². The van der Waals surface area contributed by atoms with Gasteiger partial charge in [0.15, 0.2) is 0 Å². The normalized spacial score (nSPS) is 11.2. The van der Waals surface area contributed by atoms with Crippen LogP contribution in [0.2, 0.25) is 0 Å². The first-order chi connectivity index (χ1) is 11.9. The van der Waals surface area contributed by atoms with Crippen LogP contribution in [0.5, 0.6) is 11.5 Å². The zero-order valence-electron chi connectivity index (χ0n) is 13.6. The van der Waals surface area contributed by atoms with E-state index >= 15 is 0 Å². The first kappa shape index (κ1) is 18.8. The second-order valence-electron chi connectivity index (χ2n) is 5.26. The lowest BCUT2D eigenvalue weighted by molar-refractivity contribution is -0.137. The molecular weight excluding hydrogens is 335 g/mol. The van der Waals surface area contributed by atoms with Gasteiger partial charge >= 0.3 is 6.18 Å². The minimum atomic E-state index is -4.44. The fourth-order valence-corrected chi connectivity index (χ4v) is 2.09. The SMILES string of the molecule is COCCCNC(=O)c1cccc(Oc2cccc(C(F)(F)F)c2)c1. The van der Waals surface area contributed by atoms with Crippen LogP contribution in [0, 0.1) is 0 Å². The van der Waals surface area contributed by atoms with E-state index in [4.69, 9.17) is 9.47 Å². The van der Waals surface area contributed by atoms with E-state index < -0.39 is 11.7 Å². The van der Waals surface area contributed by atoms with Crippen LogP contribution in [0.3, 0.4) is 0 Å². The topological polar surface area (TPSA) is 47.6 Å². The van der Waals surface area contributed by atoms with Crippen molar-refractivity contribution >= 4 is 5.91 Å². The molecule has 0 bridgehead atoms. The summed E-state index contributed by atoms with van der Waals surface area (Å²) < 4.78 is 48.5. The monoisotopic (exact) mass is 353 g/mol. The third-order valence-corrected chi connectivity index (χ3v) is 3.30. The summed E-state index contributed by atoms with van der Waals surface area (Å²) in [5, 5.41) is 2.73. The molecular formula is C18H18F3NO3. The van der Waals surface area contributed by atoms with Crippen molar-refractivity contribution in [3.63, 3.8) is 0 Å². The van der Waals surface area contributed by atoms with Crippen molar-refractivity contribution in [2.45, 2.75) is 12.6 Å². The van der Waals surface area contributed by atoms with Gasteiger partial charge in [0.2, 0.25) is 0 Å². The first-order valence-electron chi connectivity index (χ1n) is 7.62. The second-order valence-corrected chi connectivity index (χ2v) is 5.26. The van der Waals surface area contributed by atoms with Crippen LogP contribution in [0.1, 0.15) is 22.3 Å². The van der Waals surface area contributed by atoms with Crippen LogP contribution < -0.4 is 10.1 Å². The molecule has 0 aliphatic rings. The second kappa shape index (κ2) is 8.53. The summed E-state index contributed by atoms with van der Waals surface area (Å²) in [6.07, 6.45) is -3.76. The van der Waals surface area contributed by atoms with Crippen molar-refractivity contribution in [2.75, 3.05) is 20.3 Å². The van der Waals surface area contributed by atoms with E-state index in [1.807, 2.05) is 0 Å². The highest BCUT2D eigenvalue weighted by Crippen LogP contribution is 2.32. The predicted octanol–water partition coefficient (Wildman–Crippen LogP) is 4.26. The number of nitrogens with one attached hydrogen (secondary N) is 1. The van der Waals surface area contributed by atoms with Crippen LogP contribution in [0.4, 0.5) is 13.2 Å². The summed E-state index contributed by atoms with van der Waals surface area (Å²) in [4.78, 5) is 12.0. The lowest BCUT2D eigenvalue weighted by Gasteiger charge is -2.11. The average molecular weight is 353 g/mol.